The summed E-state index contributed by atoms with van der Waals surface area (Å²) in [5.74, 6) is -0.898. The summed E-state index contributed by atoms with van der Waals surface area (Å²) in [6, 6.07) is 5.11. The first-order valence-electron chi connectivity index (χ1n) is 6.78. The maximum atomic E-state index is 11.1. The first kappa shape index (κ1) is 13.6. The topological polar surface area (TPSA) is 55.1 Å². The summed E-state index contributed by atoms with van der Waals surface area (Å²) in [7, 11) is 0. The van der Waals surface area contributed by atoms with Crippen LogP contribution < -0.4 is 0 Å². The minimum Gasteiger partial charge on any atom is -0.478 e. The van der Waals surface area contributed by atoms with Gasteiger partial charge >= 0.3 is 5.97 Å². The molecule has 1 heterocycles. The molecule has 0 aliphatic carbocycles. The second-order valence-electron chi connectivity index (χ2n) is 4.91. The van der Waals surface area contributed by atoms with Gasteiger partial charge in [0.1, 0.15) is 0 Å². The molecular formula is C15H20N2O2. The maximum absolute atomic E-state index is 11.1. The second-order valence-corrected chi connectivity index (χ2v) is 4.91. The molecular weight excluding hydrogens is 240 g/mol. The van der Waals surface area contributed by atoms with Gasteiger partial charge in [-0.05, 0) is 37.5 Å². The van der Waals surface area contributed by atoms with Crippen LogP contribution in [0.2, 0.25) is 0 Å². The lowest BCUT2D eigenvalue weighted by atomic mass is 9.89. The van der Waals surface area contributed by atoms with E-state index in [9.17, 15) is 4.79 Å². The van der Waals surface area contributed by atoms with Gasteiger partial charge in [0.05, 0.1) is 22.9 Å². The van der Waals surface area contributed by atoms with Crippen molar-refractivity contribution in [2.45, 2.75) is 45.6 Å². The summed E-state index contributed by atoms with van der Waals surface area (Å²) in [5.41, 5.74) is 2.09. The van der Waals surface area contributed by atoms with Gasteiger partial charge in [0, 0.05) is 5.54 Å². The molecule has 4 heteroatoms. The first-order valence-corrected chi connectivity index (χ1v) is 6.78. The third-order valence-electron chi connectivity index (χ3n) is 4.28. The van der Waals surface area contributed by atoms with Gasteiger partial charge in [0.2, 0.25) is 0 Å². The molecule has 0 aliphatic rings. The van der Waals surface area contributed by atoms with Gasteiger partial charge in [0.15, 0.2) is 0 Å². The van der Waals surface area contributed by atoms with Crippen LogP contribution in [-0.2, 0) is 5.54 Å². The van der Waals surface area contributed by atoms with Crippen LogP contribution in [0.3, 0.4) is 0 Å². The van der Waals surface area contributed by atoms with E-state index >= 15 is 0 Å². The molecule has 0 amide bonds. The molecule has 0 radical (unpaired) electrons. The molecule has 1 N–H and O–H groups in total. The Kier molecular flexibility index (Phi) is 3.60. The van der Waals surface area contributed by atoms with Crippen molar-refractivity contribution < 1.29 is 9.90 Å². The van der Waals surface area contributed by atoms with Crippen molar-refractivity contribution in [2.24, 2.45) is 0 Å². The number of carboxylic acid groups (broad SMARTS) is 1. The summed E-state index contributed by atoms with van der Waals surface area (Å²) in [6.45, 7) is 6.50. The zero-order valence-corrected chi connectivity index (χ0v) is 11.7. The minimum absolute atomic E-state index is 0.0197. The Morgan fingerprint density at radius 3 is 2.42 bits per heavy atom. The Bertz CT molecular complexity index is 589. The van der Waals surface area contributed by atoms with Gasteiger partial charge < -0.3 is 9.67 Å². The van der Waals surface area contributed by atoms with Gasteiger partial charge in [-0.1, -0.05) is 20.8 Å². The highest BCUT2D eigenvalue weighted by Crippen LogP contribution is 2.32. The Morgan fingerprint density at radius 1 is 1.26 bits per heavy atom. The largest absolute Gasteiger partial charge is 0.478 e. The van der Waals surface area contributed by atoms with Gasteiger partial charge in [-0.15, -0.1) is 0 Å². The highest BCUT2D eigenvalue weighted by molar-refractivity contribution is 5.92. The summed E-state index contributed by atoms with van der Waals surface area (Å²) in [6.07, 6.45) is 4.85. The van der Waals surface area contributed by atoms with Crippen LogP contribution in [-0.4, -0.2) is 20.6 Å². The van der Waals surface area contributed by atoms with Crippen LogP contribution >= 0.6 is 0 Å². The third-order valence-corrected chi connectivity index (χ3v) is 4.28. The van der Waals surface area contributed by atoms with Crippen molar-refractivity contribution in [3.63, 3.8) is 0 Å². The lowest BCUT2D eigenvalue weighted by Crippen LogP contribution is -2.30. The predicted molar refractivity (Wildman–Crippen MR) is 75.5 cm³/mol. The molecule has 2 aromatic rings. The predicted octanol–water partition coefficient (Wildman–Crippen LogP) is 3.66. The zero-order valence-electron chi connectivity index (χ0n) is 11.7. The number of imidazole rings is 1. The normalized spacial score (nSPS) is 11.9. The van der Waals surface area contributed by atoms with Gasteiger partial charge in [-0.25, -0.2) is 9.78 Å². The molecule has 0 bridgehead atoms. The van der Waals surface area contributed by atoms with Crippen molar-refractivity contribution in [2.75, 3.05) is 0 Å². The smallest absolute Gasteiger partial charge is 0.335 e. The number of nitrogens with zero attached hydrogens (tertiary/aromatic N) is 2. The molecule has 102 valence electrons. The number of fused-ring (bicyclic) bond motifs is 1. The highest BCUT2D eigenvalue weighted by Gasteiger charge is 2.27. The van der Waals surface area contributed by atoms with E-state index < -0.39 is 5.97 Å². The summed E-state index contributed by atoms with van der Waals surface area (Å²) in [4.78, 5) is 15.5. The number of benzene rings is 1. The fourth-order valence-corrected chi connectivity index (χ4v) is 2.78. The van der Waals surface area contributed by atoms with E-state index in [0.717, 1.165) is 30.3 Å². The van der Waals surface area contributed by atoms with Crippen LogP contribution in [0.15, 0.2) is 24.5 Å². The van der Waals surface area contributed by atoms with Crippen molar-refractivity contribution in [3.8, 4) is 0 Å². The molecule has 0 saturated carbocycles. The molecule has 0 spiro atoms. The monoisotopic (exact) mass is 260 g/mol. The van der Waals surface area contributed by atoms with Gasteiger partial charge in [-0.3, -0.25) is 0 Å². The maximum Gasteiger partial charge on any atom is 0.335 e. The second kappa shape index (κ2) is 5.03. The van der Waals surface area contributed by atoms with E-state index in [1.54, 1.807) is 18.2 Å². The van der Waals surface area contributed by atoms with Gasteiger partial charge in [-0.2, -0.15) is 0 Å². The van der Waals surface area contributed by atoms with E-state index in [2.05, 4.69) is 30.3 Å². The van der Waals surface area contributed by atoms with Crippen LogP contribution in [0.4, 0.5) is 0 Å². The number of aromatic nitrogens is 2. The molecule has 0 unspecified atom stereocenters. The van der Waals surface area contributed by atoms with Gasteiger partial charge in [0.25, 0.3) is 0 Å². The molecule has 0 aliphatic heterocycles. The Morgan fingerprint density at radius 2 is 1.89 bits per heavy atom. The average Bonchev–Trinajstić information content (AvgIpc) is 2.85. The molecule has 0 saturated heterocycles. The number of carboxylic acids is 1. The molecule has 0 fully saturated rings. The molecule has 4 nitrogen and oxygen atoms in total. The lowest BCUT2D eigenvalue weighted by Gasteiger charge is -2.33. The average molecular weight is 260 g/mol. The number of carbonyl (C=O) groups is 1. The Hall–Kier alpha value is -1.84. The fraction of sp³-hybridized carbons (Fsp3) is 0.467. The molecule has 1 aromatic carbocycles. The van der Waals surface area contributed by atoms with Crippen LogP contribution in [0.1, 0.15) is 50.4 Å². The standard InChI is InChI=1S/C15H20N2O2/c1-4-15(5-2,6-3)17-10-16-12-8-7-11(14(18)19)9-13(12)17/h7-10H,4-6H2,1-3H3,(H,18,19). The summed E-state index contributed by atoms with van der Waals surface area (Å²) < 4.78 is 2.15. The molecule has 1 aromatic heterocycles. The quantitative estimate of drug-likeness (QED) is 0.892. The van der Waals surface area contributed by atoms with Crippen LogP contribution in [0.25, 0.3) is 11.0 Å². The molecule has 19 heavy (non-hydrogen) atoms. The zero-order chi connectivity index (χ0) is 14.0. The van der Waals surface area contributed by atoms with Crippen LogP contribution in [0.5, 0.6) is 0 Å². The van der Waals surface area contributed by atoms with E-state index in [-0.39, 0.29) is 5.54 Å². The number of aromatic carboxylic acids is 1. The van der Waals surface area contributed by atoms with Crippen molar-refractivity contribution >= 4 is 17.0 Å². The summed E-state index contributed by atoms with van der Waals surface area (Å²) >= 11 is 0. The van der Waals surface area contributed by atoms with Crippen molar-refractivity contribution in [1.29, 1.82) is 0 Å². The van der Waals surface area contributed by atoms with E-state index in [1.807, 2.05) is 6.33 Å². The SMILES string of the molecule is CCC(CC)(CC)n1cnc2ccc(C(=O)O)cc21. The Labute approximate surface area is 113 Å². The molecule has 2 rings (SSSR count). The van der Waals surface area contributed by atoms with Crippen LogP contribution in [0, 0.1) is 0 Å². The molecule has 0 atom stereocenters. The number of hydrogen-bond acceptors (Lipinski definition) is 2. The number of hydrogen-bond donors (Lipinski definition) is 1. The fourth-order valence-electron chi connectivity index (χ4n) is 2.78. The van der Waals surface area contributed by atoms with E-state index in [0.29, 0.717) is 5.56 Å². The lowest BCUT2D eigenvalue weighted by molar-refractivity contribution is 0.0697. The van der Waals surface area contributed by atoms with E-state index in [1.165, 1.54) is 0 Å². The van der Waals surface area contributed by atoms with Crippen molar-refractivity contribution in [1.82, 2.24) is 9.55 Å². The third kappa shape index (κ3) is 2.11. The summed E-state index contributed by atoms with van der Waals surface area (Å²) in [5, 5.41) is 9.12. The van der Waals surface area contributed by atoms with Crippen molar-refractivity contribution in [3.05, 3.63) is 30.1 Å². The Balaban J connectivity index is 2.66. The van der Waals surface area contributed by atoms with E-state index in [4.69, 9.17) is 5.11 Å². The first-order chi connectivity index (χ1) is 9.07. The highest BCUT2D eigenvalue weighted by atomic mass is 16.4. The number of rotatable bonds is 5. The minimum atomic E-state index is -0.898.